The van der Waals surface area contributed by atoms with Gasteiger partial charge in [-0.1, -0.05) is 60.7 Å². The molecule has 0 bridgehead atoms. The lowest BCUT2D eigenvalue weighted by Gasteiger charge is -2.28. The first kappa shape index (κ1) is 37.5. The lowest BCUT2D eigenvalue weighted by Crippen LogP contribution is -2.46. The van der Waals surface area contributed by atoms with E-state index in [2.05, 4.69) is 16.0 Å². The van der Waals surface area contributed by atoms with Gasteiger partial charge in [0, 0.05) is 61.4 Å². The lowest BCUT2D eigenvalue weighted by molar-refractivity contribution is -0.394. The van der Waals surface area contributed by atoms with Gasteiger partial charge in [0.2, 0.25) is 0 Å². The molecule has 3 amide bonds. The largest absolute Gasteiger partial charge is 0.500 e. The highest BCUT2D eigenvalue weighted by atomic mass is 28.4. The van der Waals surface area contributed by atoms with Crippen molar-refractivity contribution in [1.82, 2.24) is 5.32 Å². The van der Waals surface area contributed by atoms with E-state index in [1.807, 2.05) is 81.4 Å². The number of non-ortho nitro benzene ring substituents is 2. The highest BCUT2D eigenvalue weighted by Crippen LogP contribution is 2.44. The van der Waals surface area contributed by atoms with Gasteiger partial charge in [-0.15, -0.1) is 0 Å². The summed E-state index contributed by atoms with van der Waals surface area (Å²) in [4.78, 5) is 48.6. The molecule has 3 N–H and O–H groups in total. The average Bonchev–Trinajstić information content (AvgIpc) is 3.13. The Morgan fingerprint density at radius 1 is 0.673 bits per heavy atom. The zero-order chi connectivity index (χ0) is 37.3. The van der Waals surface area contributed by atoms with E-state index in [4.69, 9.17) is 13.3 Å². The predicted octanol–water partition coefficient (Wildman–Crippen LogP) is 8.29. The van der Waals surface area contributed by atoms with Gasteiger partial charge in [0.1, 0.15) is 0 Å². The number of nitro benzene ring substituents is 2. The molecule has 0 fully saturated rings. The van der Waals surface area contributed by atoms with Crippen molar-refractivity contribution in [2.75, 3.05) is 37.0 Å². The summed E-state index contributed by atoms with van der Waals surface area (Å²) in [7, 11) is -2.89. The molecule has 5 aromatic rings. The van der Waals surface area contributed by atoms with Gasteiger partial charge in [0.15, 0.2) is 0 Å². The van der Waals surface area contributed by atoms with E-state index in [1.54, 1.807) is 12.1 Å². The second-order valence-corrected chi connectivity index (χ2v) is 14.3. The third kappa shape index (κ3) is 8.58. The van der Waals surface area contributed by atoms with Crippen molar-refractivity contribution >= 4 is 65.0 Å². The van der Waals surface area contributed by atoms with Crippen molar-refractivity contribution in [3.05, 3.63) is 117 Å². The summed E-state index contributed by atoms with van der Waals surface area (Å²) in [6, 6.07) is 25.1. The van der Waals surface area contributed by atoms with Crippen LogP contribution in [0.15, 0.2) is 91.0 Å². The molecule has 0 spiro atoms. The Kier molecular flexibility index (Phi) is 12.2. The number of hydrogen-bond acceptors (Lipinski definition) is 9. The predicted molar refractivity (Wildman–Crippen MR) is 202 cm³/mol. The van der Waals surface area contributed by atoms with E-state index in [0.717, 1.165) is 39.7 Å². The zero-order valence-corrected chi connectivity index (χ0v) is 30.0. The Labute approximate surface area is 300 Å². The van der Waals surface area contributed by atoms with E-state index in [1.165, 1.54) is 0 Å². The standard InChI is InChI=1S/C37H39N5O9Si/c1-4-49-52(50-5-2,51-6-3)21-11-20-38-37(44)40-33-19-17-26-13-8-10-15-31(26)35(33)34-30-14-9-7-12-25(30)16-18-32(34)39-36(43)27-22-28(41(45)46)24-29(23-27)42(47)48/h7-10,12-19,22-24H,4-6,11,20-21H2,1-3H3,(H,39,43)(H2,38,40,44). The quantitative estimate of drug-likeness (QED) is 0.0390. The van der Waals surface area contributed by atoms with Gasteiger partial charge in [-0.05, 0) is 60.9 Å². The fraction of sp³-hybridized carbons (Fsp3) is 0.243. The summed E-state index contributed by atoms with van der Waals surface area (Å²) in [6.07, 6.45) is 0.555. The summed E-state index contributed by atoms with van der Waals surface area (Å²) < 4.78 is 17.8. The molecule has 0 radical (unpaired) electrons. The molecule has 0 heterocycles. The van der Waals surface area contributed by atoms with Crippen molar-refractivity contribution in [1.29, 1.82) is 0 Å². The fourth-order valence-corrected chi connectivity index (χ4v) is 8.71. The molecule has 0 aromatic heterocycles. The van der Waals surface area contributed by atoms with Gasteiger partial charge >= 0.3 is 14.8 Å². The molecule has 0 unspecified atom stereocenters. The Balaban J connectivity index is 1.52. The monoisotopic (exact) mass is 725 g/mol. The number of nitrogens with one attached hydrogen (secondary N) is 3. The van der Waals surface area contributed by atoms with Crippen LogP contribution in [0.2, 0.25) is 6.04 Å². The van der Waals surface area contributed by atoms with E-state index in [-0.39, 0.29) is 5.56 Å². The highest BCUT2D eigenvalue weighted by molar-refractivity contribution is 6.60. The number of amides is 3. The average molecular weight is 726 g/mol. The number of benzene rings is 5. The van der Waals surface area contributed by atoms with Crippen LogP contribution in [0.5, 0.6) is 0 Å². The number of fused-ring (bicyclic) bond motifs is 2. The Morgan fingerprint density at radius 2 is 1.15 bits per heavy atom. The summed E-state index contributed by atoms with van der Waals surface area (Å²) in [5, 5.41) is 35.1. The van der Waals surface area contributed by atoms with Gasteiger partial charge < -0.3 is 29.2 Å². The molecule has 0 aliphatic heterocycles. The topological polar surface area (TPSA) is 184 Å². The molecule has 15 heteroatoms. The summed E-state index contributed by atoms with van der Waals surface area (Å²) in [5.74, 6) is -0.790. The second kappa shape index (κ2) is 17.0. The van der Waals surface area contributed by atoms with Crippen LogP contribution in [0.3, 0.4) is 0 Å². The fourth-order valence-electron chi connectivity index (χ4n) is 6.10. The smallest absolute Gasteiger partial charge is 0.374 e. The summed E-state index contributed by atoms with van der Waals surface area (Å²) >= 11 is 0. The van der Waals surface area contributed by atoms with Gasteiger partial charge in [-0.2, -0.15) is 0 Å². The van der Waals surface area contributed by atoms with E-state index >= 15 is 0 Å². The minimum absolute atomic E-state index is 0.263. The molecular weight excluding hydrogens is 687 g/mol. The molecule has 0 atom stereocenters. The number of rotatable bonds is 16. The molecule has 5 rings (SSSR count). The van der Waals surface area contributed by atoms with Gasteiger partial charge in [0.25, 0.3) is 17.3 Å². The van der Waals surface area contributed by atoms with Crippen molar-refractivity contribution in [3.63, 3.8) is 0 Å². The summed E-state index contributed by atoms with van der Waals surface area (Å²) in [5.41, 5.74) is 0.510. The first-order valence-electron chi connectivity index (χ1n) is 16.9. The van der Waals surface area contributed by atoms with E-state index in [0.29, 0.717) is 61.3 Å². The van der Waals surface area contributed by atoms with Crippen LogP contribution in [0.25, 0.3) is 32.7 Å². The maximum atomic E-state index is 13.7. The first-order valence-corrected chi connectivity index (χ1v) is 18.8. The lowest BCUT2D eigenvalue weighted by atomic mass is 9.91. The van der Waals surface area contributed by atoms with Crippen molar-refractivity contribution in [2.24, 2.45) is 0 Å². The minimum atomic E-state index is -2.89. The number of nitro groups is 2. The molecular formula is C37H39N5O9Si. The van der Waals surface area contributed by atoms with Crippen LogP contribution in [0.1, 0.15) is 37.6 Å². The normalized spacial score (nSPS) is 11.4. The highest BCUT2D eigenvalue weighted by Gasteiger charge is 2.39. The van der Waals surface area contributed by atoms with Crippen LogP contribution in [-0.2, 0) is 13.3 Å². The zero-order valence-electron chi connectivity index (χ0n) is 29.0. The number of carbonyl (C=O) groups is 2. The van der Waals surface area contributed by atoms with Crippen LogP contribution < -0.4 is 16.0 Å². The molecule has 0 aliphatic rings. The van der Waals surface area contributed by atoms with Crippen LogP contribution >= 0.6 is 0 Å². The third-order valence-electron chi connectivity index (χ3n) is 8.23. The molecule has 0 aliphatic carbocycles. The minimum Gasteiger partial charge on any atom is -0.374 e. The number of nitrogens with zero attached hydrogens (tertiary/aromatic N) is 2. The van der Waals surface area contributed by atoms with Gasteiger partial charge in [-0.3, -0.25) is 25.0 Å². The third-order valence-corrected chi connectivity index (χ3v) is 11.4. The molecule has 5 aromatic carbocycles. The van der Waals surface area contributed by atoms with Crippen molar-refractivity contribution < 1.29 is 32.7 Å². The van der Waals surface area contributed by atoms with Crippen LogP contribution in [0, 0.1) is 20.2 Å². The van der Waals surface area contributed by atoms with Crippen LogP contribution in [0.4, 0.5) is 27.5 Å². The number of hydrogen-bond donors (Lipinski definition) is 3. The van der Waals surface area contributed by atoms with Gasteiger partial charge in [0.05, 0.1) is 27.2 Å². The first-order chi connectivity index (χ1) is 25.1. The Morgan fingerprint density at radius 3 is 1.63 bits per heavy atom. The number of carbonyl (C=O) groups excluding carboxylic acids is 2. The Bertz CT molecular complexity index is 2080. The number of anilines is 2. The Hall–Kier alpha value is -5.74. The molecule has 0 saturated carbocycles. The second-order valence-electron chi connectivity index (χ2n) is 11.6. The SMILES string of the molecule is CCO[Si](CCCNC(=O)Nc1ccc2ccccc2c1-c1c(NC(=O)c2cc([N+](=O)[O-])cc([N+](=O)[O-])c2)ccc2ccccc12)(OCC)OCC. The number of urea groups is 1. The van der Waals surface area contributed by atoms with Crippen molar-refractivity contribution in [2.45, 2.75) is 33.2 Å². The molecule has 14 nitrogen and oxygen atoms in total. The molecule has 52 heavy (non-hydrogen) atoms. The maximum Gasteiger partial charge on any atom is 0.500 e. The summed E-state index contributed by atoms with van der Waals surface area (Å²) in [6.45, 7) is 7.34. The van der Waals surface area contributed by atoms with Crippen molar-refractivity contribution in [3.8, 4) is 11.1 Å². The van der Waals surface area contributed by atoms with E-state index in [9.17, 15) is 29.8 Å². The molecule has 270 valence electrons. The van der Waals surface area contributed by atoms with E-state index < -0.39 is 42.0 Å². The molecule has 0 saturated heterocycles. The van der Waals surface area contributed by atoms with Crippen LogP contribution in [-0.4, -0.2) is 57.0 Å². The van der Waals surface area contributed by atoms with Gasteiger partial charge in [-0.25, -0.2) is 4.79 Å². The maximum absolute atomic E-state index is 13.7.